The molecule has 18 heteroatoms. The summed E-state index contributed by atoms with van der Waals surface area (Å²) in [4.78, 5) is 26.1. The molecule has 0 bridgehead atoms. The summed E-state index contributed by atoms with van der Waals surface area (Å²) in [5, 5.41) is 28.4. The van der Waals surface area contributed by atoms with Gasteiger partial charge in [-0.3, -0.25) is 0 Å². The van der Waals surface area contributed by atoms with Crippen LogP contribution < -0.4 is 20.2 Å². The van der Waals surface area contributed by atoms with E-state index in [9.17, 15) is 54.9 Å². The Hall–Kier alpha value is -3.82. The van der Waals surface area contributed by atoms with Crippen LogP contribution in [0.2, 0.25) is 0 Å². The van der Waals surface area contributed by atoms with Crippen molar-refractivity contribution in [1.29, 1.82) is 0 Å². The summed E-state index contributed by atoms with van der Waals surface area (Å²) in [5.41, 5.74) is -1.87. The summed E-state index contributed by atoms with van der Waals surface area (Å²) in [6, 6.07) is 7.52. The smallest absolute Gasteiger partial charge is 0.194 e. The van der Waals surface area contributed by atoms with Gasteiger partial charge in [0.15, 0.2) is 71.3 Å². The van der Waals surface area contributed by atoms with Crippen LogP contribution in [0, 0.1) is 53.7 Å². The summed E-state index contributed by atoms with van der Waals surface area (Å²) in [7, 11) is 0. The zero-order valence-electron chi connectivity index (χ0n) is 19.9. The number of aromatic amines is 2. The van der Waals surface area contributed by atoms with Crippen molar-refractivity contribution in [3.63, 3.8) is 0 Å². The predicted octanol–water partition coefficient (Wildman–Crippen LogP) is 4.15. The summed E-state index contributed by atoms with van der Waals surface area (Å²) < 4.78 is 100.0. The third-order valence-corrected chi connectivity index (χ3v) is 6.38. The lowest BCUT2D eigenvalue weighted by molar-refractivity contribution is -0.377. The van der Waals surface area contributed by atoms with Crippen LogP contribution in [0.4, 0.5) is 46.5 Å². The second-order valence-corrected chi connectivity index (χ2v) is 9.35. The number of pyridine rings is 2. The van der Waals surface area contributed by atoms with E-state index in [4.69, 9.17) is 0 Å². The largest absolute Gasteiger partial charge is 0.545 e. The zero-order valence-corrected chi connectivity index (χ0v) is 24.2. The third-order valence-electron chi connectivity index (χ3n) is 4.49. The van der Waals surface area contributed by atoms with E-state index in [1.807, 2.05) is 36.7 Å². The first-order valence-corrected chi connectivity index (χ1v) is 12.7. The number of carbonyl (C=O) groups is 2. The van der Waals surface area contributed by atoms with Gasteiger partial charge in [-0.15, -0.1) is 10.2 Å². The van der Waals surface area contributed by atoms with Crippen molar-refractivity contribution in [1.82, 2.24) is 0 Å². The Morgan fingerprint density at radius 2 is 0.857 bits per heavy atom. The van der Waals surface area contributed by atoms with E-state index >= 15 is 0 Å². The van der Waals surface area contributed by atoms with Gasteiger partial charge in [-0.05, 0) is 57.3 Å². The van der Waals surface area contributed by atoms with E-state index in [0.29, 0.717) is 0 Å². The van der Waals surface area contributed by atoms with Gasteiger partial charge in [-0.25, -0.2) is 45.1 Å². The quantitative estimate of drug-likeness (QED) is 0.101. The van der Waals surface area contributed by atoms with E-state index in [0.717, 1.165) is 56.6 Å². The monoisotopic (exact) mass is 824 g/mol. The molecule has 2 aromatic carbocycles. The third kappa shape index (κ3) is 8.36. The molecule has 0 saturated carbocycles. The number of benzene rings is 2. The van der Waals surface area contributed by atoms with E-state index in [1.54, 1.807) is 12.4 Å². The van der Waals surface area contributed by atoms with E-state index in [1.165, 1.54) is 0 Å². The molecule has 0 aliphatic carbocycles. The fourth-order valence-electron chi connectivity index (χ4n) is 2.58. The fraction of sp³-hybridized carbons (Fsp3) is 0. The first kappa shape index (κ1) is 34.4. The minimum atomic E-state index is -2.31. The number of H-pyrrole nitrogens is 2. The lowest BCUT2D eigenvalue weighted by Crippen LogP contribution is -2.26. The molecule has 2 heterocycles. The molecular formula is C24H10F8I2N4O4. The molecule has 0 atom stereocenters. The lowest BCUT2D eigenvalue weighted by atomic mass is 10.2. The fourth-order valence-corrected chi connectivity index (χ4v) is 3.52. The molecule has 0 aliphatic heterocycles. The molecular weight excluding hydrogens is 814 g/mol. The normalized spacial score (nSPS) is 10.4. The molecule has 0 radical (unpaired) electrons. The Bertz CT molecular complexity index is 1470. The molecule has 4 aromatic rings. The molecule has 0 aliphatic rings. The maximum atomic E-state index is 12.7. The first-order valence-electron chi connectivity index (χ1n) is 10.5. The summed E-state index contributed by atoms with van der Waals surface area (Å²) >= 11 is 2.03. The van der Waals surface area contributed by atoms with Gasteiger partial charge >= 0.3 is 0 Å². The molecule has 0 fully saturated rings. The summed E-state index contributed by atoms with van der Waals surface area (Å²) in [6.07, 6.45) is 7.23. The lowest BCUT2D eigenvalue weighted by Gasteiger charge is -2.08. The Morgan fingerprint density at radius 1 is 0.571 bits per heavy atom. The minimum absolute atomic E-state index is 0.802. The molecule has 8 nitrogen and oxygen atoms in total. The number of aromatic carboxylic acids is 2. The van der Waals surface area contributed by atoms with Gasteiger partial charge in [0.1, 0.15) is 11.4 Å². The van der Waals surface area contributed by atoms with Gasteiger partial charge < -0.3 is 19.8 Å². The second kappa shape index (κ2) is 15.4. The van der Waals surface area contributed by atoms with Crippen molar-refractivity contribution in [3.05, 3.63) is 114 Å². The molecule has 0 unspecified atom stereocenters. The van der Waals surface area contributed by atoms with Crippen molar-refractivity contribution in [3.8, 4) is 0 Å². The average Bonchev–Trinajstić information content (AvgIpc) is 2.97. The van der Waals surface area contributed by atoms with E-state index in [-0.39, 0.29) is 0 Å². The zero-order chi connectivity index (χ0) is 31.7. The first-order chi connectivity index (χ1) is 19.7. The molecule has 2 N–H and O–H groups in total. The van der Waals surface area contributed by atoms with Crippen molar-refractivity contribution in [2.24, 2.45) is 10.2 Å². The van der Waals surface area contributed by atoms with Crippen LogP contribution in [-0.4, -0.2) is 11.9 Å². The Kier molecular flexibility index (Phi) is 12.6. The topological polar surface area (TPSA) is 133 Å². The van der Waals surface area contributed by atoms with Crippen LogP contribution in [0.3, 0.4) is 0 Å². The van der Waals surface area contributed by atoms with E-state index < -0.39 is 76.7 Å². The van der Waals surface area contributed by atoms with Crippen LogP contribution in [0.5, 0.6) is 0 Å². The number of halogens is 10. The SMILES string of the molecule is O=C([O-])c1c(F)c(F)c(I)c(F)c1F.O=C([O-])c1c(F)c(F)c(I)c(F)c1F.c1c[nH+]cc(N=Nc2ccc[nH+]c2)c1. The predicted molar refractivity (Wildman–Crippen MR) is 137 cm³/mol. The molecule has 4 rings (SSSR count). The van der Waals surface area contributed by atoms with Gasteiger partial charge in [0, 0.05) is 12.1 Å². The highest BCUT2D eigenvalue weighted by molar-refractivity contribution is 14.1. The number of carbonyl (C=O) groups excluding carboxylic acids is 2. The second-order valence-electron chi connectivity index (χ2n) is 7.19. The molecule has 2 aromatic heterocycles. The standard InChI is InChI=1S/C10H8N4.2C7HF4IO2/c1-3-9(7-11-5-1)13-14-10-4-2-6-12-8-10;2*8-2-1(7(13)14)3(9)5(11)6(12)4(2)10/h1-8H;2*(H,13,14). The van der Waals surface area contributed by atoms with Gasteiger partial charge in [0.2, 0.25) is 0 Å². The number of aromatic nitrogens is 2. The highest BCUT2D eigenvalue weighted by Gasteiger charge is 2.25. The number of carboxylic acid groups (broad SMARTS) is 2. The highest BCUT2D eigenvalue weighted by Crippen LogP contribution is 2.26. The van der Waals surface area contributed by atoms with Crippen LogP contribution >= 0.6 is 45.2 Å². The molecule has 0 saturated heterocycles. The Balaban J connectivity index is 0.000000220. The maximum absolute atomic E-state index is 12.7. The molecule has 0 amide bonds. The molecule has 0 spiro atoms. The van der Waals surface area contributed by atoms with Gasteiger partial charge in [0.25, 0.3) is 0 Å². The van der Waals surface area contributed by atoms with Gasteiger partial charge in [-0.2, -0.15) is 0 Å². The van der Waals surface area contributed by atoms with Crippen molar-refractivity contribution < 1.29 is 64.9 Å². The number of hydrogen-bond acceptors (Lipinski definition) is 6. The summed E-state index contributed by atoms with van der Waals surface area (Å²) in [5.74, 6) is -19.5. The number of nitrogens with one attached hydrogen (secondary N) is 2. The Labute approximate surface area is 256 Å². The molecule has 42 heavy (non-hydrogen) atoms. The van der Waals surface area contributed by atoms with Crippen LogP contribution in [-0.2, 0) is 0 Å². The number of nitrogens with zero attached hydrogens (tertiary/aromatic N) is 2. The number of azo groups is 1. The number of rotatable bonds is 4. The Morgan fingerprint density at radius 3 is 1.07 bits per heavy atom. The van der Waals surface area contributed by atoms with Crippen molar-refractivity contribution in [2.75, 3.05) is 0 Å². The molecule has 220 valence electrons. The van der Waals surface area contributed by atoms with Crippen LogP contribution in [0.25, 0.3) is 0 Å². The van der Waals surface area contributed by atoms with E-state index in [2.05, 4.69) is 20.2 Å². The maximum Gasteiger partial charge on any atom is 0.194 e. The summed E-state index contributed by atoms with van der Waals surface area (Å²) in [6.45, 7) is 0. The van der Waals surface area contributed by atoms with Gasteiger partial charge in [0.05, 0.1) is 30.2 Å². The number of carboxylic acids is 2. The minimum Gasteiger partial charge on any atom is -0.545 e. The van der Waals surface area contributed by atoms with Gasteiger partial charge in [-0.1, -0.05) is 0 Å². The van der Waals surface area contributed by atoms with Crippen molar-refractivity contribution in [2.45, 2.75) is 0 Å². The van der Waals surface area contributed by atoms with Crippen LogP contribution in [0.1, 0.15) is 20.7 Å². The highest BCUT2D eigenvalue weighted by atomic mass is 127. The number of hydrogen-bond donors (Lipinski definition) is 0. The van der Waals surface area contributed by atoms with Crippen molar-refractivity contribution >= 4 is 68.5 Å². The van der Waals surface area contributed by atoms with Crippen LogP contribution in [0.15, 0.2) is 59.3 Å². The average molecular weight is 824 g/mol.